The second-order valence-electron chi connectivity index (χ2n) is 5.40. The summed E-state index contributed by atoms with van der Waals surface area (Å²) in [6.45, 7) is 3.36. The van der Waals surface area contributed by atoms with Crippen molar-refractivity contribution < 1.29 is 14.6 Å². The van der Waals surface area contributed by atoms with Gasteiger partial charge in [-0.2, -0.15) is 0 Å². The van der Waals surface area contributed by atoms with Crippen LogP contribution in [-0.4, -0.2) is 36.4 Å². The Morgan fingerprint density at radius 2 is 2.24 bits per heavy atom. The van der Waals surface area contributed by atoms with Crippen molar-refractivity contribution in [1.82, 2.24) is 5.32 Å². The molecule has 0 aromatic rings. The average molecular weight is 241 g/mol. The predicted octanol–water partition coefficient (Wildman–Crippen LogP) is 1.08. The van der Waals surface area contributed by atoms with Crippen molar-refractivity contribution in [3.63, 3.8) is 0 Å². The number of amides is 1. The van der Waals surface area contributed by atoms with E-state index in [4.69, 9.17) is 4.74 Å². The highest BCUT2D eigenvalue weighted by Gasteiger charge is 2.31. The first-order valence-electron chi connectivity index (χ1n) is 6.74. The molecule has 4 nitrogen and oxygen atoms in total. The average Bonchev–Trinajstić information content (AvgIpc) is 2.72. The van der Waals surface area contributed by atoms with Gasteiger partial charge in [-0.05, 0) is 38.5 Å². The molecule has 17 heavy (non-hydrogen) atoms. The Bertz CT molecular complexity index is 269. The summed E-state index contributed by atoms with van der Waals surface area (Å²) in [6, 6.07) is 0. The zero-order valence-corrected chi connectivity index (χ0v) is 10.5. The van der Waals surface area contributed by atoms with E-state index in [0.29, 0.717) is 19.1 Å². The Balaban J connectivity index is 1.72. The molecule has 2 rings (SSSR count). The van der Waals surface area contributed by atoms with Gasteiger partial charge in [0.15, 0.2) is 0 Å². The van der Waals surface area contributed by atoms with Crippen LogP contribution in [0.1, 0.15) is 39.0 Å². The Labute approximate surface area is 103 Å². The molecule has 2 fully saturated rings. The van der Waals surface area contributed by atoms with Gasteiger partial charge >= 0.3 is 0 Å². The van der Waals surface area contributed by atoms with Crippen LogP contribution >= 0.6 is 0 Å². The molecule has 4 heteroatoms. The first-order valence-corrected chi connectivity index (χ1v) is 6.74. The van der Waals surface area contributed by atoms with Crippen LogP contribution in [0.15, 0.2) is 0 Å². The lowest BCUT2D eigenvalue weighted by molar-refractivity contribution is -0.126. The van der Waals surface area contributed by atoms with Gasteiger partial charge in [0, 0.05) is 13.2 Å². The van der Waals surface area contributed by atoms with E-state index >= 15 is 0 Å². The molecule has 0 aromatic heterocycles. The van der Waals surface area contributed by atoms with Crippen LogP contribution in [0.3, 0.4) is 0 Å². The SMILES string of the molecule is CC1OCCC1C(=O)NCC1CCCC(O)C1. The fourth-order valence-electron chi connectivity index (χ4n) is 2.90. The smallest absolute Gasteiger partial charge is 0.225 e. The largest absolute Gasteiger partial charge is 0.393 e. The van der Waals surface area contributed by atoms with Gasteiger partial charge in [-0.25, -0.2) is 0 Å². The standard InChI is InChI=1S/C13H23NO3/c1-9-12(5-6-17-9)13(16)14-8-10-3-2-4-11(15)7-10/h9-12,15H,2-8H2,1H3,(H,14,16). The Morgan fingerprint density at radius 3 is 2.88 bits per heavy atom. The van der Waals surface area contributed by atoms with E-state index in [9.17, 15) is 9.90 Å². The van der Waals surface area contributed by atoms with E-state index in [1.54, 1.807) is 0 Å². The molecule has 0 spiro atoms. The summed E-state index contributed by atoms with van der Waals surface area (Å²) in [5.41, 5.74) is 0. The van der Waals surface area contributed by atoms with E-state index in [-0.39, 0.29) is 24.0 Å². The van der Waals surface area contributed by atoms with Gasteiger partial charge in [-0.15, -0.1) is 0 Å². The maximum Gasteiger partial charge on any atom is 0.225 e. The highest BCUT2D eigenvalue weighted by Crippen LogP contribution is 2.24. The van der Waals surface area contributed by atoms with Crippen LogP contribution in [0.2, 0.25) is 0 Å². The molecule has 1 saturated heterocycles. The number of hydrogen-bond acceptors (Lipinski definition) is 3. The van der Waals surface area contributed by atoms with E-state index in [0.717, 1.165) is 32.1 Å². The quantitative estimate of drug-likeness (QED) is 0.777. The number of aliphatic hydroxyl groups is 1. The summed E-state index contributed by atoms with van der Waals surface area (Å²) in [5, 5.41) is 12.6. The summed E-state index contributed by atoms with van der Waals surface area (Å²) in [5.74, 6) is 0.582. The highest BCUT2D eigenvalue weighted by molar-refractivity contribution is 5.79. The number of rotatable bonds is 3. The van der Waals surface area contributed by atoms with E-state index in [1.165, 1.54) is 0 Å². The van der Waals surface area contributed by atoms with Crippen molar-refractivity contribution in [2.45, 2.75) is 51.2 Å². The Morgan fingerprint density at radius 1 is 1.41 bits per heavy atom. The van der Waals surface area contributed by atoms with E-state index in [1.807, 2.05) is 6.92 Å². The molecule has 1 aliphatic heterocycles. The minimum absolute atomic E-state index is 0.0171. The number of aliphatic hydroxyl groups excluding tert-OH is 1. The van der Waals surface area contributed by atoms with E-state index < -0.39 is 0 Å². The van der Waals surface area contributed by atoms with Crippen LogP contribution < -0.4 is 5.32 Å². The summed E-state index contributed by atoms with van der Waals surface area (Å²) in [7, 11) is 0. The lowest BCUT2D eigenvalue weighted by Gasteiger charge is -2.26. The van der Waals surface area contributed by atoms with Gasteiger partial charge in [0.25, 0.3) is 0 Å². The minimum Gasteiger partial charge on any atom is -0.393 e. The second kappa shape index (κ2) is 5.83. The molecule has 4 atom stereocenters. The third-order valence-corrected chi connectivity index (χ3v) is 4.03. The zero-order chi connectivity index (χ0) is 12.3. The molecule has 1 heterocycles. The van der Waals surface area contributed by atoms with Crippen molar-refractivity contribution in [2.75, 3.05) is 13.2 Å². The molecular formula is C13H23NO3. The fourth-order valence-corrected chi connectivity index (χ4v) is 2.90. The first kappa shape index (κ1) is 12.8. The molecule has 0 bridgehead atoms. The molecule has 1 aliphatic carbocycles. The Hall–Kier alpha value is -0.610. The molecule has 0 radical (unpaired) electrons. The molecule has 1 amide bonds. The lowest BCUT2D eigenvalue weighted by Crippen LogP contribution is -2.38. The van der Waals surface area contributed by atoms with Crippen LogP contribution in [0.5, 0.6) is 0 Å². The highest BCUT2D eigenvalue weighted by atomic mass is 16.5. The molecule has 1 saturated carbocycles. The summed E-state index contributed by atoms with van der Waals surface area (Å²) >= 11 is 0. The predicted molar refractivity (Wildman–Crippen MR) is 64.5 cm³/mol. The van der Waals surface area contributed by atoms with Crippen LogP contribution in [0.4, 0.5) is 0 Å². The molecule has 98 valence electrons. The normalized spacial score (nSPS) is 38.0. The van der Waals surface area contributed by atoms with Crippen LogP contribution in [0, 0.1) is 11.8 Å². The fraction of sp³-hybridized carbons (Fsp3) is 0.923. The number of carbonyl (C=O) groups is 1. The van der Waals surface area contributed by atoms with Gasteiger partial charge in [-0.3, -0.25) is 4.79 Å². The molecular weight excluding hydrogens is 218 g/mol. The molecule has 2 N–H and O–H groups in total. The molecule has 4 unspecified atom stereocenters. The van der Waals surface area contributed by atoms with Crippen molar-refractivity contribution in [3.05, 3.63) is 0 Å². The zero-order valence-electron chi connectivity index (χ0n) is 10.5. The lowest BCUT2D eigenvalue weighted by atomic mass is 9.87. The number of carbonyl (C=O) groups excluding carboxylic acids is 1. The van der Waals surface area contributed by atoms with Gasteiger partial charge in [-0.1, -0.05) is 6.42 Å². The van der Waals surface area contributed by atoms with Crippen molar-refractivity contribution in [2.24, 2.45) is 11.8 Å². The maximum absolute atomic E-state index is 11.9. The monoisotopic (exact) mass is 241 g/mol. The molecule has 2 aliphatic rings. The molecule has 0 aromatic carbocycles. The minimum atomic E-state index is -0.167. The first-order chi connectivity index (χ1) is 8.16. The number of ether oxygens (including phenoxy) is 1. The Kier molecular flexibility index (Phi) is 4.40. The van der Waals surface area contributed by atoms with Crippen LogP contribution in [-0.2, 0) is 9.53 Å². The number of nitrogens with one attached hydrogen (secondary N) is 1. The summed E-state index contributed by atoms with van der Waals surface area (Å²) in [6.07, 6.45) is 4.65. The van der Waals surface area contributed by atoms with Gasteiger partial charge in [0.05, 0.1) is 18.1 Å². The van der Waals surface area contributed by atoms with Crippen molar-refractivity contribution in [3.8, 4) is 0 Å². The van der Waals surface area contributed by atoms with Crippen molar-refractivity contribution in [1.29, 1.82) is 0 Å². The summed E-state index contributed by atoms with van der Waals surface area (Å²) < 4.78 is 5.39. The van der Waals surface area contributed by atoms with Gasteiger partial charge in [0.1, 0.15) is 0 Å². The second-order valence-corrected chi connectivity index (χ2v) is 5.40. The summed E-state index contributed by atoms with van der Waals surface area (Å²) in [4.78, 5) is 11.9. The van der Waals surface area contributed by atoms with E-state index in [2.05, 4.69) is 5.32 Å². The number of hydrogen-bond donors (Lipinski definition) is 2. The van der Waals surface area contributed by atoms with Gasteiger partial charge < -0.3 is 15.2 Å². The van der Waals surface area contributed by atoms with Crippen molar-refractivity contribution >= 4 is 5.91 Å². The third kappa shape index (κ3) is 3.42. The topological polar surface area (TPSA) is 58.6 Å². The van der Waals surface area contributed by atoms with Gasteiger partial charge in [0.2, 0.25) is 5.91 Å². The third-order valence-electron chi connectivity index (χ3n) is 4.03. The maximum atomic E-state index is 11.9. The van der Waals surface area contributed by atoms with Crippen LogP contribution in [0.25, 0.3) is 0 Å².